The predicted molar refractivity (Wildman–Crippen MR) is 81.5 cm³/mol. The molecule has 2 aromatic rings. The van der Waals surface area contributed by atoms with Gasteiger partial charge in [0.15, 0.2) is 0 Å². The Morgan fingerprint density at radius 2 is 1.60 bits per heavy atom. The standard InChI is InChI=1S/C17H15F4NO3/c18-13-7-3-11(4-8-13)15(23)14(22-16(24)25)9-10-1-5-12(6-2-10)17(19,20)21/h1-8,14-15,22-23H,9H2,(H,24,25)/t14-,15-/m0/s1. The molecule has 0 saturated carbocycles. The maximum Gasteiger partial charge on any atom is 0.416 e. The van der Waals surface area contributed by atoms with E-state index in [1.807, 2.05) is 0 Å². The van der Waals surface area contributed by atoms with Crippen LogP contribution in [0.1, 0.15) is 22.8 Å². The van der Waals surface area contributed by atoms with Gasteiger partial charge in [0.25, 0.3) is 0 Å². The van der Waals surface area contributed by atoms with Crippen molar-refractivity contribution in [1.82, 2.24) is 5.32 Å². The smallest absolute Gasteiger partial charge is 0.416 e. The molecule has 0 aliphatic carbocycles. The number of hydrogen-bond donors (Lipinski definition) is 3. The molecule has 0 aliphatic heterocycles. The van der Waals surface area contributed by atoms with Gasteiger partial charge in [-0.05, 0) is 41.8 Å². The zero-order chi connectivity index (χ0) is 18.6. The molecule has 0 fully saturated rings. The maximum atomic E-state index is 13.0. The lowest BCUT2D eigenvalue weighted by Crippen LogP contribution is -2.40. The van der Waals surface area contributed by atoms with Gasteiger partial charge in [-0.25, -0.2) is 9.18 Å². The highest BCUT2D eigenvalue weighted by atomic mass is 19.4. The summed E-state index contributed by atoms with van der Waals surface area (Å²) < 4.78 is 50.7. The van der Waals surface area contributed by atoms with Crippen molar-refractivity contribution in [2.24, 2.45) is 0 Å². The molecule has 3 N–H and O–H groups in total. The predicted octanol–water partition coefficient (Wildman–Crippen LogP) is 3.76. The topological polar surface area (TPSA) is 69.6 Å². The third-order valence-electron chi connectivity index (χ3n) is 3.64. The van der Waals surface area contributed by atoms with Crippen LogP contribution in [0.2, 0.25) is 0 Å². The van der Waals surface area contributed by atoms with Crippen LogP contribution in [0.25, 0.3) is 0 Å². The van der Waals surface area contributed by atoms with Crippen LogP contribution in [-0.4, -0.2) is 22.3 Å². The summed E-state index contributed by atoms with van der Waals surface area (Å²) >= 11 is 0. The van der Waals surface area contributed by atoms with Crippen LogP contribution in [-0.2, 0) is 12.6 Å². The summed E-state index contributed by atoms with van der Waals surface area (Å²) in [6, 6.07) is 8.05. The molecule has 0 saturated heterocycles. The molecule has 0 spiro atoms. The molecule has 2 atom stereocenters. The van der Waals surface area contributed by atoms with E-state index in [1.165, 1.54) is 24.3 Å². The molecular formula is C17H15F4NO3. The minimum atomic E-state index is -4.47. The van der Waals surface area contributed by atoms with Crippen molar-refractivity contribution in [1.29, 1.82) is 0 Å². The average Bonchev–Trinajstić information content (AvgIpc) is 2.53. The van der Waals surface area contributed by atoms with Gasteiger partial charge in [-0.2, -0.15) is 13.2 Å². The van der Waals surface area contributed by atoms with E-state index in [-0.39, 0.29) is 12.0 Å². The second kappa shape index (κ2) is 7.52. The van der Waals surface area contributed by atoms with Gasteiger partial charge in [-0.1, -0.05) is 24.3 Å². The van der Waals surface area contributed by atoms with E-state index in [1.54, 1.807) is 0 Å². The summed E-state index contributed by atoms with van der Waals surface area (Å²) in [5, 5.41) is 21.4. The number of aliphatic hydroxyl groups excluding tert-OH is 1. The Morgan fingerprint density at radius 3 is 2.08 bits per heavy atom. The molecule has 4 nitrogen and oxygen atoms in total. The second-order valence-electron chi connectivity index (χ2n) is 5.45. The normalized spacial score (nSPS) is 14.0. The molecule has 0 unspecified atom stereocenters. The van der Waals surface area contributed by atoms with E-state index < -0.39 is 35.8 Å². The lowest BCUT2D eigenvalue weighted by Gasteiger charge is -2.23. The quantitative estimate of drug-likeness (QED) is 0.714. The van der Waals surface area contributed by atoms with E-state index >= 15 is 0 Å². The first-order valence-corrected chi connectivity index (χ1v) is 7.26. The molecule has 0 aliphatic rings. The molecule has 2 rings (SSSR count). The molecule has 25 heavy (non-hydrogen) atoms. The van der Waals surface area contributed by atoms with Gasteiger partial charge >= 0.3 is 12.3 Å². The molecule has 0 radical (unpaired) electrons. The summed E-state index contributed by atoms with van der Waals surface area (Å²) in [4.78, 5) is 10.9. The Bertz CT molecular complexity index is 714. The number of benzene rings is 2. The summed E-state index contributed by atoms with van der Waals surface area (Å²) in [6.45, 7) is 0. The van der Waals surface area contributed by atoms with Crippen molar-refractivity contribution in [3.8, 4) is 0 Å². The van der Waals surface area contributed by atoms with Gasteiger partial charge in [-0.15, -0.1) is 0 Å². The van der Waals surface area contributed by atoms with Gasteiger partial charge < -0.3 is 15.5 Å². The Labute approximate surface area is 140 Å². The molecule has 8 heteroatoms. The number of hydrogen-bond acceptors (Lipinski definition) is 2. The third kappa shape index (κ3) is 5.18. The number of nitrogens with one attached hydrogen (secondary N) is 1. The zero-order valence-corrected chi connectivity index (χ0v) is 12.8. The Morgan fingerprint density at radius 1 is 1.04 bits per heavy atom. The van der Waals surface area contributed by atoms with Crippen molar-refractivity contribution in [2.45, 2.75) is 24.7 Å². The van der Waals surface area contributed by atoms with E-state index in [2.05, 4.69) is 5.32 Å². The van der Waals surface area contributed by atoms with Crippen molar-refractivity contribution in [3.63, 3.8) is 0 Å². The molecule has 2 aromatic carbocycles. The largest absolute Gasteiger partial charge is 0.465 e. The number of rotatable bonds is 5. The number of halogens is 4. The van der Waals surface area contributed by atoms with Gasteiger partial charge in [0.2, 0.25) is 0 Å². The van der Waals surface area contributed by atoms with Gasteiger partial charge in [-0.3, -0.25) is 0 Å². The first-order valence-electron chi connectivity index (χ1n) is 7.26. The third-order valence-corrected chi connectivity index (χ3v) is 3.64. The number of carbonyl (C=O) groups is 1. The van der Waals surface area contributed by atoms with Crippen LogP contribution in [0.5, 0.6) is 0 Å². The molecule has 134 valence electrons. The van der Waals surface area contributed by atoms with Crippen LogP contribution in [0, 0.1) is 5.82 Å². The molecule has 0 aromatic heterocycles. The molecule has 1 amide bonds. The van der Waals surface area contributed by atoms with Crippen LogP contribution in [0.4, 0.5) is 22.4 Å². The Balaban J connectivity index is 2.19. The van der Waals surface area contributed by atoms with Crippen LogP contribution in [0.3, 0.4) is 0 Å². The fourth-order valence-electron chi connectivity index (χ4n) is 2.38. The summed E-state index contributed by atoms with van der Waals surface area (Å²) in [5.74, 6) is -0.513. The summed E-state index contributed by atoms with van der Waals surface area (Å²) in [7, 11) is 0. The maximum absolute atomic E-state index is 13.0. The van der Waals surface area contributed by atoms with Crippen molar-refractivity contribution in [3.05, 3.63) is 71.0 Å². The minimum absolute atomic E-state index is 0.0387. The average molecular weight is 357 g/mol. The van der Waals surface area contributed by atoms with Gasteiger partial charge in [0.1, 0.15) is 5.82 Å². The van der Waals surface area contributed by atoms with E-state index in [4.69, 9.17) is 5.11 Å². The summed E-state index contributed by atoms with van der Waals surface area (Å²) in [6.07, 6.45) is -7.19. The van der Waals surface area contributed by atoms with E-state index in [0.29, 0.717) is 5.56 Å². The first-order chi connectivity index (χ1) is 11.7. The van der Waals surface area contributed by atoms with Crippen molar-refractivity contribution in [2.75, 3.05) is 0 Å². The number of alkyl halides is 3. The second-order valence-corrected chi connectivity index (χ2v) is 5.45. The van der Waals surface area contributed by atoms with E-state index in [0.717, 1.165) is 24.3 Å². The number of carboxylic acid groups (broad SMARTS) is 1. The number of amides is 1. The highest BCUT2D eigenvalue weighted by Crippen LogP contribution is 2.29. The molecule has 0 heterocycles. The van der Waals surface area contributed by atoms with Gasteiger partial charge in [0, 0.05) is 0 Å². The Kier molecular flexibility index (Phi) is 5.63. The number of aliphatic hydroxyl groups is 1. The first kappa shape index (κ1) is 18.7. The van der Waals surface area contributed by atoms with Crippen LogP contribution >= 0.6 is 0 Å². The fraction of sp³-hybridized carbons (Fsp3) is 0.235. The highest BCUT2D eigenvalue weighted by molar-refractivity contribution is 5.65. The molecular weight excluding hydrogens is 342 g/mol. The Hall–Kier alpha value is -2.61. The van der Waals surface area contributed by atoms with Crippen molar-refractivity contribution >= 4 is 6.09 Å². The molecule has 0 bridgehead atoms. The van der Waals surface area contributed by atoms with E-state index in [9.17, 15) is 27.5 Å². The van der Waals surface area contributed by atoms with Crippen LogP contribution in [0.15, 0.2) is 48.5 Å². The highest BCUT2D eigenvalue weighted by Gasteiger charge is 2.30. The SMILES string of the molecule is O=C(O)N[C@@H](Cc1ccc(C(F)(F)F)cc1)[C@@H](O)c1ccc(F)cc1. The van der Waals surface area contributed by atoms with Gasteiger partial charge in [0.05, 0.1) is 17.7 Å². The lowest BCUT2D eigenvalue weighted by atomic mass is 9.95. The summed E-state index contributed by atoms with van der Waals surface area (Å²) in [5.41, 5.74) is -0.127. The van der Waals surface area contributed by atoms with Crippen molar-refractivity contribution < 1.29 is 32.6 Å². The lowest BCUT2D eigenvalue weighted by molar-refractivity contribution is -0.137. The fourth-order valence-corrected chi connectivity index (χ4v) is 2.38. The monoisotopic (exact) mass is 357 g/mol. The minimum Gasteiger partial charge on any atom is -0.465 e. The van der Waals surface area contributed by atoms with Crippen LogP contribution < -0.4 is 5.32 Å². The zero-order valence-electron chi connectivity index (χ0n) is 12.8.